The lowest BCUT2D eigenvalue weighted by Gasteiger charge is -2.08. The van der Waals surface area contributed by atoms with E-state index in [9.17, 15) is 0 Å². The van der Waals surface area contributed by atoms with Gasteiger partial charge < -0.3 is 4.74 Å². The van der Waals surface area contributed by atoms with Crippen molar-refractivity contribution in [3.05, 3.63) is 51.5 Å². The Morgan fingerprint density at radius 2 is 1.94 bits per heavy atom. The quantitative estimate of drug-likeness (QED) is 0.806. The van der Waals surface area contributed by atoms with E-state index in [4.69, 9.17) is 27.9 Å². The van der Waals surface area contributed by atoms with Crippen molar-refractivity contribution in [2.24, 2.45) is 0 Å². The zero-order valence-electron chi connectivity index (χ0n) is 10.1. The summed E-state index contributed by atoms with van der Waals surface area (Å²) in [4.78, 5) is 8.53. The number of methoxy groups -OCH3 is 1. The molecule has 0 amide bonds. The van der Waals surface area contributed by atoms with Crippen LogP contribution in [0.25, 0.3) is 0 Å². The SMILES string of the molecule is COc1ccc(Cl)cc1Cc1nc(C)cc(Cl)n1. The molecule has 94 valence electrons. The third kappa shape index (κ3) is 3.12. The van der Waals surface area contributed by atoms with Crippen molar-refractivity contribution >= 4 is 23.2 Å². The second kappa shape index (κ2) is 5.55. The van der Waals surface area contributed by atoms with Crippen molar-refractivity contribution in [1.82, 2.24) is 9.97 Å². The van der Waals surface area contributed by atoms with Crippen LogP contribution >= 0.6 is 23.2 Å². The Bertz CT molecular complexity index is 553. The number of nitrogens with zero attached hydrogens (tertiary/aromatic N) is 2. The van der Waals surface area contributed by atoms with Crippen molar-refractivity contribution in [1.29, 1.82) is 0 Å². The summed E-state index contributed by atoms with van der Waals surface area (Å²) < 4.78 is 5.29. The number of hydrogen-bond donors (Lipinski definition) is 0. The Morgan fingerprint density at radius 3 is 2.61 bits per heavy atom. The van der Waals surface area contributed by atoms with Gasteiger partial charge in [-0.1, -0.05) is 23.2 Å². The molecule has 0 saturated heterocycles. The maximum atomic E-state index is 5.98. The average molecular weight is 283 g/mol. The second-order valence-corrected chi connectivity index (χ2v) is 4.70. The third-order valence-corrected chi connectivity index (χ3v) is 2.89. The molecule has 0 aliphatic carbocycles. The number of ether oxygens (including phenoxy) is 1. The predicted molar refractivity (Wildman–Crippen MR) is 72.6 cm³/mol. The minimum absolute atomic E-state index is 0.443. The van der Waals surface area contributed by atoms with Gasteiger partial charge in [0.15, 0.2) is 0 Å². The van der Waals surface area contributed by atoms with Crippen LogP contribution in [0, 0.1) is 6.92 Å². The molecule has 3 nitrogen and oxygen atoms in total. The molecule has 18 heavy (non-hydrogen) atoms. The average Bonchev–Trinajstić information content (AvgIpc) is 2.27. The molecule has 1 aromatic carbocycles. The van der Waals surface area contributed by atoms with E-state index in [0.29, 0.717) is 22.4 Å². The van der Waals surface area contributed by atoms with Crippen LogP contribution in [0.4, 0.5) is 0 Å². The topological polar surface area (TPSA) is 35.0 Å². The Kier molecular flexibility index (Phi) is 4.04. The summed E-state index contributed by atoms with van der Waals surface area (Å²) in [6.07, 6.45) is 0.533. The zero-order valence-corrected chi connectivity index (χ0v) is 11.6. The van der Waals surface area contributed by atoms with E-state index >= 15 is 0 Å². The normalized spacial score (nSPS) is 10.4. The summed E-state index contributed by atoms with van der Waals surface area (Å²) in [6, 6.07) is 7.18. The summed E-state index contributed by atoms with van der Waals surface area (Å²) in [5.41, 5.74) is 1.78. The number of halogens is 2. The van der Waals surface area contributed by atoms with Crippen LogP contribution in [-0.4, -0.2) is 17.1 Å². The minimum atomic E-state index is 0.443. The monoisotopic (exact) mass is 282 g/mol. The first kappa shape index (κ1) is 13.1. The van der Waals surface area contributed by atoms with Crippen molar-refractivity contribution in [2.75, 3.05) is 7.11 Å². The molecule has 5 heteroatoms. The molecule has 0 unspecified atom stereocenters. The highest BCUT2D eigenvalue weighted by Gasteiger charge is 2.08. The van der Waals surface area contributed by atoms with Gasteiger partial charge in [0.05, 0.1) is 7.11 Å². The molecular formula is C13H12Cl2N2O. The van der Waals surface area contributed by atoms with Crippen LogP contribution in [-0.2, 0) is 6.42 Å². The predicted octanol–water partition coefficient (Wildman–Crippen LogP) is 3.69. The molecule has 2 rings (SSSR count). The van der Waals surface area contributed by atoms with E-state index < -0.39 is 0 Å². The highest BCUT2D eigenvalue weighted by Crippen LogP contribution is 2.24. The van der Waals surface area contributed by atoms with Crippen LogP contribution in [0.2, 0.25) is 10.2 Å². The summed E-state index contributed by atoms with van der Waals surface area (Å²) in [5, 5.41) is 1.10. The van der Waals surface area contributed by atoms with Gasteiger partial charge in [-0.25, -0.2) is 9.97 Å². The van der Waals surface area contributed by atoms with Crippen molar-refractivity contribution in [2.45, 2.75) is 13.3 Å². The van der Waals surface area contributed by atoms with Crippen LogP contribution in [0.15, 0.2) is 24.3 Å². The van der Waals surface area contributed by atoms with Crippen LogP contribution < -0.4 is 4.74 Å². The molecule has 0 N–H and O–H groups in total. The lowest BCUT2D eigenvalue weighted by atomic mass is 10.1. The van der Waals surface area contributed by atoms with Crippen LogP contribution in [0.5, 0.6) is 5.75 Å². The molecule has 0 saturated carbocycles. The highest BCUT2D eigenvalue weighted by atomic mass is 35.5. The van der Waals surface area contributed by atoms with Gasteiger partial charge in [0, 0.05) is 22.7 Å². The Morgan fingerprint density at radius 1 is 1.17 bits per heavy atom. The van der Waals surface area contributed by atoms with E-state index in [1.807, 2.05) is 19.1 Å². The molecule has 0 radical (unpaired) electrons. The minimum Gasteiger partial charge on any atom is -0.496 e. The van der Waals surface area contributed by atoms with E-state index in [1.54, 1.807) is 19.2 Å². The van der Waals surface area contributed by atoms with Gasteiger partial charge in [-0.2, -0.15) is 0 Å². The Balaban J connectivity index is 2.35. The lowest BCUT2D eigenvalue weighted by Crippen LogP contribution is -2.00. The van der Waals surface area contributed by atoms with Gasteiger partial charge in [-0.05, 0) is 31.2 Å². The van der Waals surface area contributed by atoms with Crippen LogP contribution in [0.1, 0.15) is 17.1 Å². The van der Waals surface area contributed by atoms with Crippen molar-refractivity contribution < 1.29 is 4.74 Å². The van der Waals surface area contributed by atoms with Gasteiger partial charge in [-0.3, -0.25) is 0 Å². The number of hydrogen-bond acceptors (Lipinski definition) is 3. The molecule has 0 aliphatic rings. The van der Waals surface area contributed by atoms with Gasteiger partial charge >= 0.3 is 0 Å². The van der Waals surface area contributed by atoms with E-state index in [-0.39, 0.29) is 0 Å². The molecular weight excluding hydrogens is 271 g/mol. The first-order chi connectivity index (χ1) is 8.58. The van der Waals surface area contributed by atoms with Crippen molar-refractivity contribution in [3.63, 3.8) is 0 Å². The number of aryl methyl sites for hydroxylation is 1. The summed E-state index contributed by atoms with van der Waals surface area (Å²) in [7, 11) is 1.62. The third-order valence-electron chi connectivity index (χ3n) is 2.46. The van der Waals surface area contributed by atoms with Gasteiger partial charge in [-0.15, -0.1) is 0 Å². The van der Waals surface area contributed by atoms with Gasteiger partial charge in [0.25, 0.3) is 0 Å². The largest absolute Gasteiger partial charge is 0.496 e. The Labute approximate surface area is 116 Å². The summed E-state index contributed by atoms with van der Waals surface area (Å²) in [5.74, 6) is 1.42. The molecule has 0 spiro atoms. The summed E-state index contributed by atoms with van der Waals surface area (Å²) in [6.45, 7) is 1.88. The van der Waals surface area contributed by atoms with E-state index in [0.717, 1.165) is 17.0 Å². The first-order valence-corrected chi connectivity index (χ1v) is 6.16. The molecule has 0 bridgehead atoms. The fraction of sp³-hybridized carbons (Fsp3) is 0.231. The van der Waals surface area contributed by atoms with Gasteiger partial charge in [0.1, 0.15) is 16.7 Å². The number of rotatable bonds is 3. The number of aromatic nitrogens is 2. The zero-order chi connectivity index (χ0) is 13.1. The summed E-state index contributed by atoms with van der Waals surface area (Å²) >= 11 is 11.9. The highest BCUT2D eigenvalue weighted by molar-refractivity contribution is 6.30. The fourth-order valence-corrected chi connectivity index (χ4v) is 2.17. The molecule has 0 fully saturated rings. The van der Waals surface area contributed by atoms with E-state index in [2.05, 4.69) is 9.97 Å². The standard InChI is InChI=1S/C13H12Cl2N2O/c1-8-5-12(15)17-13(16-8)7-9-6-10(14)3-4-11(9)18-2/h3-6H,7H2,1-2H3. The lowest BCUT2D eigenvalue weighted by molar-refractivity contribution is 0.410. The smallest absolute Gasteiger partial charge is 0.134 e. The van der Waals surface area contributed by atoms with Crippen molar-refractivity contribution in [3.8, 4) is 5.75 Å². The Hall–Kier alpha value is -1.32. The molecule has 1 heterocycles. The maximum Gasteiger partial charge on any atom is 0.134 e. The molecule has 0 atom stereocenters. The molecule has 0 aliphatic heterocycles. The van der Waals surface area contributed by atoms with E-state index in [1.165, 1.54) is 0 Å². The first-order valence-electron chi connectivity index (χ1n) is 5.41. The maximum absolute atomic E-state index is 5.98. The molecule has 2 aromatic rings. The second-order valence-electron chi connectivity index (χ2n) is 3.88. The van der Waals surface area contributed by atoms with Gasteiger partial charge in [0.2, 0.25) is 0 Å². The molecule has 1 aromatic heterocycles. The fourth-order valence-electron chi connectivity index (χ4n) is 1.72. The number of benzene rings is 1. The van der Waals surface area contributed by atoms with Crippen LogP contribution in [0.3, 0.4) is 0 Å².